The van der Waals surface area contributed by atoms with Gasteiger partial charge < -0.3 is 5.73 Å². The minimum atomic E-state index is -0.0613. The number of hydrogen-bond acceptors (Lipinski definition) is 3. The van der Waals surface area contributed by atoms with Crippen molar-refractivity contribution in [2.24, 2.45) is 5.73 Å². The summed E-state index contributed by atoms with van der Waals surface area (Å²) in [6.07, 6.45) is 0.481. The van der Waals surface area contributed by atoms with Gasteiger partial charge in [0.05, 0.1) is 3.79 Å². The van der Waals surface area contributed by atoms with Crippen molar-refractivity contribution >= 4 is 33.0 Å². The van der Waals surface area contributed by atoms with Gasteiger partial charge in [-0.1, -0.05) is 0 Å². The molecule has 2 nitrogen and oxygen atoms in total. The summed E-state index contributed by atoms with van der Waals surface area (Å²) < 4.78 is 0.992. The van der Waals surface area contributed by atoms with E-state index in [1.165, 1.54) is 0 Å². The molecule has 1 heterocycles. The number of nitrogens with two attached hydrogens (primary N) is 1. The molecule has 11 heavy (non-hydrogen) atoms. The van der Waals surface area contributed by atoms with Crippen LogP contribution in [0.4, 0.5) is 0 Å². The van der Waals surface area contributed by atoms with E-state index in [0.29, 0.717) is 6.42 Å². The maximum atomic E-state index is 11.2. The van der Waals surface area contributed by atoms with Crippen molar-refractivity contribution in [1.29, 1.82) is 0 Å². The first-order valence-electron chi connectivity index (χ1n) is 3.26. The molecule has 0 bridgehead atoms. The molecule has 0 spiro atoms. The third kappa shape index (κ3) is 1.06. The Labute approximate surface area is 76.5 Å². The number of halogens is 1. The number of hydrogen-bond donors (Lipinski definition) is 1. The first-order valence-corrected chi connectivity index (χ1v) is 4.87. The largest absolute Gasteiger partial charge is 0.323 e. The van der Waals surface area contributed by atoms with Crippen LogP contribution in [0.25, 0.3) is 0 Å². The van der Waals surface area contributed by atoms with E-state index in [9.17, 15) is 4.79 Å². The maximum Gasteiger partial charge on any atom is 0.166 e. The first kappa shape index (κ1) is 7.46. The van der Waals surface area contributed by atoms with Crippen LogP contribution in [0.5, 0.6) is 0 Å². The van der Waals surface area contributed by atoms with Gasteiger partial charge in [-0.2, -0.15) is 0 Å². The molecule has 2 rings (SSSR count). The fourth-order valence-electron chi connectivity index (χ4n) is 1.27. The molecule has 0 saturated heterocycles. The molecule has 1 aliphatic carbocycles. The fourth-order valence-corrected chi connectivity index (χ4v) is 2.93. The van der Waals surface area contributed by atoms with Crippen LogP contribution in [-0.4, -0.2) is 5.78 Å². The zero-order chi connectivity index (χ0) is 8.01. The standard InChI is InChI=1S/C7H6BrNOS/c8-6-1-3-5(10)2-4(9)7(3)11-6/h1,4H,2,9H2. The summed E-state index contributed by atoms with van der Waals surface area (Å²) in [4.78, 5) is 12.2. The van der Waals surface area contributed by atoms with Gasteiger partial charge in [0, 0.05) is 22.9 Å². The lowest BCUT2D eigenvalue weighted by atomic mass is 10.2. The monoisotopic (exact) mass is 231 g/mol. The smallest absolute Gasteiger partial charge is 0.166 e. The Kier molecular flexibility index (Phi) is 1.63. The summed E-state index contributed by atoms with van der Waals surface area (Å²) in [5.74, 6) is 0.175. The average Bonchev–Trinajstić information content (AvgIpc) is 2.38. The molecular formula is C7H6BrNOS. The van der Waals surface area contributed by atoms with Crippen molar-refractivity contribution in [2.75, 3.05) is 0 Å². The second kappa shape index (κ2) is 2.40. The van der Waals surface area contributed by atoms with Crippen molar-refractivity contribution in [3.63, 3.8) is 0 Å². The Balaban J connectivity index is 2.58. The van der Waals surface area contributed by atoms with Crippen LogP contribution in [-0.2, 0) is 0 Å². The Morgan fingerprint density at radius 1 is 1.73 bits per heavy atom. The average molecular weight is 232 g/mol. The lowest BCUT2D eigenvalue weighted by Gasteiger charge is -1.96. The summed E-state index contributed by atoms with van der Waals surface area (Å²) in [6.45, 7) is 0. The van der Waals surface area contributed by atoms with Crippen LogP contribution in [0.2, 0.25) is 0 Å². The van der Waals surface area contributed by atoms with Gasteiger partial charge in [-0.3, -0.25) is 4.79 Å². The molecule has 4 heteroatoms. The molecule has 1 aromatic heterocycles. The summed E-state index contributed by atoms with van der Waals surface area (Å²) in [5, 5.41) is 0. The molecule has 2 N–H and O–H groups in total. The van der Waals surface area contributed by atoms with Gasteiger partial charge in [0.1, 0.15) is 0 Å². The molecule has 58 valence electrons. The summed E-state index contributed by atoms with van der Waals surface area (Å²) >= 11 is 4.88. The fraction of sp³-hybridized carbons (Fsp3) is 0.286. The zero-order valence-electron chi connectivity index (χ0n) is 5.63. The van der Waals surface area contributed by atoms with Crippen LogP contribution in [0.3, 0.4) is 0 Å². The summed E-state index contributed by atoms with van der Waals surface area (Å²) in [6, 6.07) is 1.80. The predicted octanol–water partition coefficient (Wildman–Crippen LogP) is 2.10. The van der Waals surface area contributed by atoms with E-state index in [0.717, 1.165) is 14.2 Å². The van der Waals surface area contributed by atoms with E-state index in [2.05, 4.69) is 15.9 Å². The molecule has 1 atom stereocenters. The molecule has 0 aliphatic heterocycles. The molecule has 0 aromatic carbocycles. The number of ketones is 1. The Hall–Kier alpha value is -0.190. The Bertz CT molecular complexity index is 320. The highest BCUT2D eigenvalue weighted by Crippen LogP contribution is 2.38. The van der Waals surface area contributed by atoms with Gasteiger partial charge >= 0.3 is 0 Å². The van der Waals surface area contributed by atoms with Gasteiger partial charge in [-0.25, -0.2) is 0 Å². The van der Waals surface area contributed by atoms with Crippen LogP contribution in [0, 0.1) is 0 Å². The third-order valence-electron chi connectivity index (χ3n) is 1.77. The molecule has 1 aliphatic rings. The number of fused-ring (bicyclic) bond motifs is 1. The predicted molar refractivity (Wildman–Crippen MR) is 47.9 cm³/mol. The second-order valence-electron chi connectivity index (χ2n) is 2.56. The van der Waals surface area contributed by atoms with E-state index in [1.54, 1.807) is 11.3 Å². The van der Waals surface area contributed by atoms with E-state index in [4.69, 9.17) is 5.73 Å². The van der Waals surface area contributed by atoms with Crippen LogP contribution < -0.4 is 5.73 Å². The quantitative estimate of drug-likeness (QED) is 0.744. The Morgan fingerprint density at radius 2 is 2.45 bits per heavy atom. The number of thiophene rings is 1. The number of carbonyl (C=O) groups excluding carboxylic acids is 1. The molecule has 1 unspecified atom stereocenters. The van der Waals surface area contributed by atoms with Crippen LogP contribution >= 0.6 is 27.3 Å². The van der Waals surface area contributed by atoms with Gasteiger partial charge in [0.2, 0.25) is 0 Å². The number of carbonyl (C=O) groups is 1. The summed E-state index contributed by atoms with van der Waals surface area (Å²) in [7, 11) is 0. The van der Waals surface area contributed by atoms with Crippen molar-refractivity contribution in [1.82, 2.24) is 0 Å². The summed E-state index contributed by atoms with van der Waals surface area (Å²) in [5.41, 5.74) is 6.53. The molecule has 0 fully saturated rings. The van der Waals surface area contributed by atoms with Crippen LogP contribution in [0.15, 0.2) is 9.85 Å². The lowest BCUT2D eigenvalue weighted by Crippen LogP contribution is -2.04. The van der Waals surface area contributed by atoms with Gasteiger partial charge in [0.15, 0.2) is 5.78 Å². The zero-order valence-corrected chi connectivity index (χ0v) is 8.04. The molecule has 1 aromatic rings. The van der Waals surface area contributed by atoms with Crippen molar-refractivity contribution in [3.05, 3.63) is 20.3 Å². The highest BCUT2D eigenvalue weighted by atomic mass is 79.9. The van der Waals surface area contributed by atoms with E-state index < -0.39 is 0 Å². The topological polar surface area (TPSA) is 43.1 Å². The highest BCUT2D eigenvalue weighted by Gasteiger charge is 2.28. The second-order valence-corrected chi connectivity index (χ2v) is 5.03. The maximum absolute atomic E-state index is 11.2. The normalized spacial score (nSPS) is 22.4. The van der Waals surface area contributed by atoms with Gasteiger partial charge in [0.25, 0.3) is 0 Å². The number of Topliss-reactive ketones (excluding diaryl/α,β-unsaturated/α-hetero) is 1. The SMILES string of the molecule is NC1CC(=O)c2cc(Br)sc21. The van der Waals surface area contributed by atoms with Crippen molar-refractivity contribution in [3.8, 4) is 0 Å². The van der Waals surface area contributed by atoms with Crippen molar-refractivity contribution in [2.45, 2.75) is 12.5 Å². The Morgan fingerprint density at radius 3 is 3.09 bits per heavy atom. The van der Waals surface area contributed by atoms with E-state index in [1.807, 2.05) is 6.07 Å². The molecular weight excluding hydrogens is 226 g/mol. The van der Waals surface area contributed by atoms with E-state index >= 15 is 0 Å². The van der Waals surface area contributed by atoms with E-state index in [-0.39, 0.29) is 11.8 Å². The van der Waals surface area contributed by atoms with Crippen molar-refractivity contribution < 1.29 is 4.79 Å². The van der Waals surface area contributed by atoms with Gasteiger partial charge in [-0.05, 0) is 22.0 Å². The first-order chi connectivity index (χ1) is 5.18. The number of rotatable bonds is 0. The third-order valence-corrected chi connectivity index (χ3v) is 3.54. The van der Waals surface area contributed by atoms with Gasteiger partial charge in [-0.15, -0.1) is 11.3 Å². The van der Waals surface area contributed by atoms with Crippen LogP contribution in [0.1, 0.15) is 27.7 Å². The lowest BCUT2D eigenvalue weighted by molar-refractivity contribution is 0.0989. The minimum absolute atomic E-state index is 0.0613. The molecule has 0 amide bonds. The molecule has 0 radical (unpaired) electrons. The minimum Gasteiger partial charge on any atom is -0.323 e. The highest BCUT2D eigenvalue weighted by molar-refractivity contribution is 9.11. The molecule has 0 saturated carbocycles.